The first-order chi connectivity index (χ1) is 7.94. The number of benzene rings is 1. The van der Waals surface area contributed by atoms with Gasteiger partial charge in [0.25, 0.3) is 0 Å². The van der Waals surface area contributed by atoms with Gasteiger partial charge in [0.05, 0.1) is 0 Å². The summed E-state index contributed by atoms with van der Waals surface area (Å²) in [4.78, 5) is 0. The number of hydrogen-bond acceptors (Lipinski definition) is 2. The molecule has 0 aliphatic rings. The normalized spacial score (nSPS) is 12.7. The van der Waals surface area contributed by atoms with E-state index in [1.165, 1.54) is 0 Å². The predicted octanol–water partition coefficient (Wildman–Crippen LogP) is 2.27. The molecule has 2 nitrogen and oxygen atoms in total. The third kappa shape index (κ3) is 3.15. The van der Waals surface area contributed by atoms with Crippen molar-refractivity contribution in [2.24, 2.45) is 0 Å². The largest absolute Gasteiger partial charge is 0.489 e. The molecule has 0 saturated carbocycles. The summed E-state index contributed by atoms with van der Waals surface area (Å²) in [6.45, 7) is 14.6. The highest BCUT2D eigenvalue weighted by molar-refractivity contribution is 6.60. The number of rotatable bonds is 1. The van der Waals surface area contributed by atoms with Crippen LogP contribution in [0.25, 0.3) is 0 Å². The Morgan fingerprint density at radius 3 is 1.39 bits per heavy atom. The Hall–Kier alpha value is -0.795. The molecule has 100 valence electrons. The highest BCUT2D eigenvalue weighted by Crippen LogP contribution is 2.28. The molecule has 0 atom stereocenters. The second-order valence-electron chi connectivity index (χ2n) is 7.15. The molecule has 0 fully saturated rings. The lowest BCUT2D eigenvalue weighted by Gasteiger charge is -2.30. The van der Waals surface area contributed by atoms with Crippen LogP contribution in [0.4, 0.5) is 0 Å². The average Bonchev–Trinajstić information content (AvgIpc) is 2.12. The van der Waals surface area contributed by atoms with Gasteiger partial charge in [0.2, 0.25) is 0 Å². The monoisotopic (exact) mass is 248 g/mol. The van der Waals surface area contributed by atoms with Gasteiger partial charge in [-0.2, -0.15) is 0 Å². The zero-order chi connectivity index (χ0) is 14.3. The Kier molecular flexibility index (Phi) is 3.99. The lowest BCUT2D eigenvalue weighted by molar-refractivity contribution is 0.421. The fourth-order valence-electron chi connectivity index (χ4n) is 2.32. The van der Waals surface area contributed by atoms with Gasteiger partial charge >= 0.3 is 7.12 Å². The van der Waals surface area contributed by atoms with Crippen molar-refractivity contribution < 1.29 is 10.0 Å². The Labute approximate surface area is 111 Å². The third-order valence-corrected chi connectivity index (χ3v) is 3.20. The quantitative estimate of drug-likeness (QED) is 0.748. The van der Waals surface area contributed by atoms with Gasteiger partial charge in [-0.05, 0) is 34.3 Å². The maximum absolute atomic E-state index is 9.76. The average molecular weight is 248 g/mol. The summed E-state index contributed by atoms with van der Waals surface area (Å²) in [7, 11) is -1.42. The molecule has 3 heteroatoms. The Morgan fingerprint density at radius 2 is 1.17 bits per heavy atom. The standard InChI is InChI=1S/C15H25BO2/c1-10-8-11(14(2,3)4)13(16(17)18)12(9-10)15(5,6)7/h8-9,17-18H,1-7H3. The van der Waals surface area contributed by atoms with Crippen LogP contribution < -0.4 is 5.46 Å². The molecule has 0 aromatic heterocycles. The van der Waals surface area contributed by atoms with Crippen molar-refractivity contribution in [3.63, 3.8) is 0 Å². The van der Waals surface area contributed by atoms with Crippen LogP contribution in [-0.2, 0) is 10.8 Å². The van der Waals surface area contributed by atoms with Gasteiger partial charge in [-0.1, -0.05) is 59.2 Å². The first-order valence-corrected chi connectivity index (χ1v) is 6.46. The van der Waals surface area contributed by atoms with Gasteiger partial charge in [0.15, 0.2) is 0 Å². The first-order valence-electron chi connectivity index (χ1n) is 6.46. The van der Waals surface area contributed by atoms with Crippen LogP contribution in [0, 0.1) is 6.92 Å². The third-order valence-electron chi connectivity index (χ3n) is 3.20. The zero-order valence-electron chi connectivity index (χ0n) is 12.6. The molecule has 0 heterocycles. The topological polar surface area (TPSA) is 40.5 Å². The fraction of sp³-hybridized carbons (Fsp3) is 0.600. The Balaban J connectivity index is 3.68. The summed E-state index contributed by atoms with van der Waals surface area (Å²) < 4.78 is 0. The van der Waals surface area contributed by atoms with Crippen LogP contribution in [0.5, 0.6) is 0 Å². The van der Waals surface area contributed by atoms with Gasteiger partial charge in [0, 0.05) is 0 Å². The van der Waals surface area contributed by atoms with Crippen LogP contribution in [0.15, 0.2) is 12.1 Å². The molecular formula is C15H25BO2. The van der Waals surface area contributed by atoms with Crippen molar-refractivity contribution >= 4 is 12.6 Å². The highest BCUT2D eigenvalue weighted by Gasteiger charge is 2.31. The first kappa shape index (κ1) is 15.3. The summed E-state index contributed by atoms with van der Waals surface area (Å²) in [6.07, 6.45) is 0. The zero-order valence-corrected chi connectivity index (χ0v) is 12.6. The molecule has 0 bridgehead atoms. The van der Waals surface area contributed by atoms with Crippen molar-refractivity contribution in [3.8, 4) is 0 Å². The van der Waals surface area contributed by atoms with E-state index in [4.69, 9.17) is 0 Å². The van der Waals surface area contributed by atoms with Crippen molar-refractivity contribution in [1.82, 2.24) is 0 Å². The van der Waals surface area contributed by atoms with Gasteiger partial charge in [-0.3, -0.25) is 0 Å². The van der Waals surface area contributed by atoms with E-state index in [1.807, 2.05) is 0 Å². The molecular weight excluding hydrogens is 223 g/mol. The van der Waals surface area contributed by atoms with Crippen molar-refractivity contribution in [2.45, 2.75) is 59.3 Å². The molecule has 2 N–H and O–H groups in total. The lowest BCUT2D eigenvalue weighted by atomic mass is 9.63. The van der Waals surface area contributed by atoms with Gasteiger partial charge < -0.3 is 10.0 Å². The molecule has 0 aliphatic carbocycles. The van der Waals surface area contributed by atoms with E-state index in [0.29, 0.717) is 5.46 Å². The molecule has 0 radical (unpaired) electrons. The minimum Gasteiger partial charge on any atom is -0.423 e. The highest BCUT2D eigenvalue weighted by atomic mass is 16.4. The van der Waals surface area contributed by atoms with Crippen LogP contribution in [0.3, 0.4) is 0 Å². The van der Waals surface area contributed by atoms with E-state index in [-0.39, 0.29) is 10.8 Å². The fourth-order valence-corrected chi connectivity index (χ4v) is 2.32. The summed E-state index contributed by atoms with van der Waals surface area (Å²) in [5.41, 5.74) is 3.65. The minimum absolute atomic E-state index is 0.106. The molecule has 1 aromatic rings. The lowest BCUT2D eigenvalue weighted by Crippen LogP contribution is -2.42. The summed E-state index contributed by atoms with van der Waals surface area (Å²) >= 11 is 0. The molecule has 0 amide bonds. The van der Waals surface area contributed by atoms with Gasteiger partial charge in [-0.15, -0.1) is 0 Å². The maximum Gasteiger partial charge on any atom is 0.489 e. The van der Waals surface area contributed by atoms with E-state index < -0.39 is 7.12 Å². The van der Waals surface area contributed by atoms with Crippen molar-refractivity contribution in [1.29, 1.82) is 0 Å². The Morgan fingerprint density at radius 1 is 0.833 bits per heavy atom. The summed E-state index contributed by atoms with van der Waals surface area (Å²) in [6, 6.07) is 4.12. The van der Waals surface area contributed by atoms with Crippen molar-refractivity contribution in [2.75, 3.05) is 0 Å². The number of aryl methyl sites for hydroxylation is 1. The SMILES string of the molecule is Cc1cc(C(C)(C)C)c(B(O)O)c(C(C)(C)C)c1. The number of hydrogen-bond donors (Lipinski definition) is 2. The molecule has 0 saturated heterocycles. The summed E-state index contributed by atoms with van der Waals surface area (Å²) in [5, 5.41) is 19.5. The minimum atomic E-state index is -1.42. The van der Waals surface area contributed by atoms with Crippen LogP contribution in [0.2, 0.25) is 0 Å². The molecule has 1 rings (SSSR count). The smallest absolute Gasteiger partial charge is 0.423 e. The van der Waals surface area contributed by atoms with Gasteiger partial charge in [0.1, 0.15) is 0 Å². The van der Waals surface area contributed by atoms with E-state index in [2.05, 4.69) is 60.6 Å². The van der Waals surface area contributed by atoms with Crippen LogP contribution >= 0.6 is 0 Å². The predicted molar refractivity (Wildman–Crippen MR) is 78.4 cm³/mol. The van der Waals surface area contributed by atoms with Gasteiger partial charge in [-0.25, -0.2) is 0 Å². The molecule has 0 aliphatic heterocycles. The molecule has 18 heavy (non-hydrogen) atoms. The maximum atomic E-state index is 9.76. The van der Waals surface area contributed by atoms with Crippen LogP contribution in [-0.4, -0.2) is 17.2 Å². The second kappa shape index (κ2) is 4.71. The van der Waals surface area contributed by atoms with Crippen molar-refractivity contribution in [3.05, 3.63) is 28.8 Å². The summed E-state index contributed by atoms with van der Waals surface area (Å²) in [5.74, 6) is 0. The van der Waals surface area contributed by atoms with E-state index in [1.54, 1.807) is 0 Å². The molecule has 1 aromatic carbocycles. The second-order valence-corrected chi connectivity index (χ2v) is 7.15. The van der Waals surface area contributed by atoms with E-state index in [0.717, 1.165) is 16.7 Å². The van der Waals surface area contributed by atoms with E-state index in [9.17, 15) is 10.0 Å². The van der Waals surface area contributed by atoms with E-state index >= 15 is 0 Å². The Bertz CT molecular complexity index is 402. The molecule has 0 unspecified atom stereocenters. The molecule has 0 spiro atoms. The van der Waals surface area contributed by atoms with Crippen LogP contribution in [0.1, 0.15) is 58.2 Å².